The second-order valence-corrected chi connectivity index (χ2v) is 6.08. The van der Waals surface area contributed by atoms with E-state index in [-0.39, 0.29) is 13.0 Å². The van der Waals surface area contributed by atoms with Crippen LogP contribution in [0.2, 0.25) is 0 Å². The molecule has 5 nitrogen and oxygen atoms in total. The van der Waals surface area contributed by atoms with Crippen molar-refractivity contribution in [1.82, 2.24) is 5.32 Å². The SMILES string of the molecule is O=C(NC(CCc1ccccc1Br)C(=O)O)OCc1ccccc1. The van der Waals surface area contributed by atoms with Gasteiger partial charge in [0.05, 0.1) is 0 Å². The molecule has 0 saturated heterocycles. The molecule has 6 heteroatoms. The van der Waals surface area contributed by atoms with Crippen molar-refractivity contribution in [2.24, 2.45) is 0 Å². The highest BCUT2D eigenvalue weighted by molar-refractivity contribution is 9.10. The zero-order valence-electron chi connectivity index (χ0n) is 12.9. The fourth-order valence-electron chi connectivity index (χ4n) is 2.17. The third-order valence-corrected chi connectivity index (χ3v) is 4.24. The predicted molar refractivity (Wildman–Crippen MR) is 93.6 cm³/mol. The minimum Gasteiger partial charge on any atom is -0.480 e. The summed E-state index contributed by atoms with van der Waals surface area (Å²) >= 11 is 3.43. The lowest BCUT2D eigenvalue weighted by molar-refractivity contribution is -0.139. The number of aliphatic carboxylic acids is 1. The molecule has 0 aliphatic carbocycles. The molecule has 0 spiro atoms. The number of carboxylic acids is 1. The number of halogens is 1. The molecule has 24 heavy (non-hydrogen) atoms. The minimum absolute atomic E-state index is 0.100. The number of carboxylic acid groups (broad SMARTS) is 1. The van der Waals surface area contributed by atoms with E-state index in [0.29, 0.717) is 6.42 Å². The van der Waals surface area contributed by atoms with Crippen molar-refractivity contribution in [3.8, 4) is 0 Å². The molecule has 0 heterocycles. The normalized spacial score (nSPS) is 11.5. The average molecular weight is 392 g/mol. The van der Waals surface area contributed by atoms with Gasteiger partial charge in [-0.2, -0.15) is 0 Å². The zero-order valence-corrected chi connectivity index (χ0v) is 14.5. The Balaban J connectivity index is 1.85. The number of alkyl carbamates (subject to hydrolysis) is 1. The molecule has 0 aromatic heterocycles. The van der Waals surface area contributed by atoms with Crippen LogP contribution in [0.4, 0.5) is 4.79 Å². The fourth-order valence-corrected chi connectivity index (χ4v) is 2.65. The standard InChI is InChI=1S/C18H18BrNO4/c19-15-9-5-4-8-14(15)10-11-16(17(21)22)20-18(23)24-12-13-6-2-1-3-7-13/h1-9,16H,10-12H2,(H,20,23)(H,21,22). The van der Waals surface area contributed by atoms with E-state index in [2.05, 4.69) is 21.2 Å². The third kappa shape index (κ3) is 5.70. The van der Waals surface area contributed by atoms with Gasteiger partial charge in [0.25, 0.3) is 0 Å². The second kappa shape index (κ2) is 9.08. The molecule has 1 atom stereocenters. The molecule has 1 unspecified atom stereocenters. The summed E-state index contributed by atoms with van der Waals surface area (Å²) in [5.41, 5.74) is 1.83. The van der Waals surface area contributed by atoms with Crippen LogP contribution in [-0.4, -0.2) is 23.2 Å². The molecular weight excluding hydrogens is 374 g/mol. The number of aryl methyl sites for hydroxylation is 1. The van der Waals surface area contributed by atoms with Gasteiger partial charge in [0, 0.05) is 4.47 Å². The molecule has 2 rings (SSSR count). The Morgan fingerprint density at radius 2 is 1.75 bits per heavy atom. The van der Waals surface area contributed by atoms with Crippen molar-refractivity contribution < 1.29 is 19.4 Å². The van der Waals surface area contributed by atoms with Gasteiger partial charge in [0.1, 0.15) is 12.6 Å². The maximum Gasteiger partial charge on any atom is 0.408 e. The Morgan fingerprint density at radius 3 is 2.42 bits per heavy atom. The van der Waals surface area contributed by atoms with E-state index >= 15 is 0 Å². The first-order valence-electron chi connectivity index (χ1n) is 7.49. The lowest BCUT2D eigenvalue weighted by Gasteiger charge is -2.15. The first-order valence-corrected chi connectivity index (χ1v) is 8.29. The van der Waals surface area contributed by atoms with Crippen LogP contribution in [-0.2, 0) is 22.6 Å². The van der Waals surface area contributed by atoms with E-state index in [9.17, 15) is 14.7 Å². The van der Waals surface area contributed by atoms with Crippen molar-refractivity contribution in [2.75, 3.05) is 0 Å². The number of rotatable bonds is 7. The van der Waals surface area contributed by atoms with Crippen LogP contribution in [0.3, 0.4) is 0 Å². The average Bonchev–Trinajstić information content (AvgIpc) is 2.58. The van der Waals surface area contributed by atoms with Crippen LogP contribution in [0.25, 0.3) is 0 Å². The lowest BCUT2D eigenvalue weighted by Crippen LogP contribution is -2.41. The zero-order chi connectivity index (χ0) is 17.4. The van der Waals surface area contributed by atoms with Crippen molar-refractivity contribution in [3.05, 3.63) is 70.2 Å². The maximum absolute atomic E-state index is 11.8. The molecule has 1 amide bonds. The molecule has 2 N–H and O–H groups in total. The molecule has 0 aliphatic rings. The highest BCUT2D eigenvalue weighted by atomic mass is 79.9. The molecular formula is C18H18BrNO4. The summed E-state index contributed by atoms with van der Waals surface area (Å²) in [6.45, 7) is 0.100. The summed E-state index contributed by atoms with van der Waals surface area (Å²) < 4.78 is 5.98. The molecule has 0 saturated carbocycles. The molecule has 0 radical (unpaired) electrons. The topological polar surface area (TPSA) is 75.6 Å². The van der Waals surface area contributed by atoms with Crippen molar-refractivity contribution in [1.29, 1.82) is 0 Å². The van der Waals surface area contributed by atoms with Crippen LogP contribution < -0.4 is 5.32 Å². The molecule has 126 valence electrons. The molecule has 2 aromatic carbocycles. The Kier molecular flexibility index (Phi) is 6.81. The Morgan fingerprint density at radius 1 is 1.08 bits per heavy atom. The van der Waals surface area contributed by atoms with Gasteiger partial charge in [0.2, 0.25) is 0 Å². The smallest absolute Gasteiger partial charge is 0.408 e. The van der Waals surface area contributed by atoms with E-state index in [4.69, 9.17) is 4.74 Å². The van der Waals surface area contributed by atoms with E-state index in [1.54, 1.807) is 0 Å². The number of nitrogens with one attached hydrogen (secondary N) is 1. The van der Waals surface area contributed by atoms with Gasteiger partial charge in [-0.1, -0.05) is 64.5 Å². The summed E-state index contributed by atoms with van der Waals surface area (Å²) in [5, 5.41) is 11.7. The molecule has 2 aromatic rings. The van der Waals surface area contributed by atoms with E-state index < -0.39 is 18.1 Å². The number of carbonyl (C=O) groups excluding carboxylic acids is 1. The molecule has 0 aliphatic heterocycles. The Labute approximate surface area is 148 Å². The number of amides is 1. The first-order chi connectivity index (χ1) is 11.6. The Hall–Kier alpha value is -2.34. The second-order valence-electron chi connectivity index (χ2n) is 5.23. The van der Waals surface area contributed by atoms with Crippen LogP contribution in [0.5, 0.6) is 0 Å². The number of hydrogen-bond acceptors (Lipinski definition) is 3. The first kappa shape index (κ1) is 18.0. The van der Waals surface area contributed by atoms with Crippen molar-refractivity contribution >= 4 is 28.0 Å². The lowest BCUT2D eigenvalue weighted by atomic mass is 10.1. The maximum atomic E-state index is 11.8. The number of benzene rings is 2. The van der Waals surface area contributed by atoms with Gasteiger partial charge in [0.15, 0.2) is 0 Å². The predicted octanol–water partition coefficient (Wildman–Crippen LogP) is 3.76. The van der Waals surface area contributed by atoms with Crippen molar-refractivity contribution in [3.63, 3.8) is 0 Å². The molecule has 0 bridgehead atoms. The van der Waals surface area contributed by atoms with Gasteiger partial charge in [-0.05, 0) is 30.0 Å². The molecule has 0 fully saturated rings. The summed E-state index contributed by atoms with van der Waals surface area (Å²) in [6, 6.07) is 15.8. The summed E-state index contributed by atoms with van der Waals surface area (Å²) in [6.07, 6.45) is 0.0637. The van der Waals surface area contributed by atoms with E-state index in [0.717, 1.165) is 15.6 Å². The largest absolute Gasteiger partial charge is 0.480 e. The quantitative estimate of drug-likeness (QED) is 0.753. The van der Waals surface area contributed by atoms with Crippen LogP contribution in [0.1, 0.15) is 17.5 Å². The van der Waals surface area contributed by atoms with Gasteiger partial charge >= 0.3 is 12.1 Å². The summed E-state index contributed by atoms with van der Waals surface area (Å²) in [7, 11) is 0. The summed E-state index contributed by atoms with van der Waals surface area (Å²) in [5.74, 6) is -1.08. The summed E-state index contributed by atoms with van der Waals surface area (Å²) in [4.78, 5) is 23.1. The Bertz CT molecular complexity index is 690. The van der Waals surface area contributed by atoms with E-state index in [1.165, 1.54) is 0 Å². The van der Waals surface area contributed by atoms with Crippen molar-refractivity contribution in [2.45, 2.75) is 25.5 Å². The van der Waals surface area contributed by atoms with Gasteiger partial charge in [-0.3, -0.25) is 0 Å². The van der Waals surface area contributed by atoms with Crippen LogP contribution in [0.15, 0.2) is 59.1 Å². The van der Waals surface area contributed by atoms with Crippen LogP contribution >= 0.6 is 15.9 Å². The van der Waals surface area contributed by atoms with Crippen LogP contribution in [0, 0.1) is 0 Å². The minimum atomic E-state index is -1.08. The van der Waals surface area contributed by atoms with Gasteiger partial charge in [-0.15, -0.1) is 0 Å². The number of ether oxygens (including phenoxy) is 1. The third-order valence-electron chi connectivity index (χ3n) is 3.46. The monoisotopic (exact) mass is 391 g/mol. The number of hydrogen-bond donors (Lipinski definition) is 2. The fraction of sp³-hybridized carbons (Fsp3) is 0.222. The highest BCUT2D eigenvalue weighted by Gasteiger charge is 2.20. The van der Waals surface area contributed by atoms with Gasteiger partial charge < -0.3 is 15.2 Å². The van der Waals surface area contributed by atoms with Gasteiger partial charge in [-0.25, -0.2) is 9.59 Å². The van der Waals surface area contributed by atoms with E-state index in [1.807, 2.05) is 54.6 Å². The number of carbonyl (C=O) groups is 2. The highest BCUT2D eigenvalue weighted by Crippen LogP contribution is 2.18.